The van der Waals surface area contributed by atoms with Crippen LogP contribution in [0.3, 0.4) is 0 Å². The molecule has 0 aliphatic heterocycles. The van der Waals surface area contributed by atoms with E-state index in [0.717, 1.165) is 9.35 Å². The van der Waals surface area contributed by atoms with Crippen LogP contribution in [0.2, 0.25) is 0 Å². The van der Waals surface area contributed by atoms with Crippen molar-refractivity contribution in [2.24, 2.45) is 0 Å². The van der Waals surface area contributed by atoms with Crippen LogP contribution in [0.25, 0.3) is 10.2 Å². The zero-order chi connectivity index (χ0) is 14.8. The summed E-state index contributed by atoms with van der Waals surface area (Å²) in [6, 6.07) is 4.35. The van der Waals surface area contributed by atoms with Crippen LogP contribution in [0.4, 0.5) is 9.52 Å². The molecule has 2 heterocycles. The van der Waals surface area contributed by atoms with Gasteiger partial charge in [-0.3, -0.25) is 4.79 Å². The first kappa shape index (κ1) is 14.4. The van der Waals surface area contributed by atoms with E-state index in [1.165, 1.54) is 46.6 Å². The Labute approximate surface area is 131 Å². The summed E-state index contributed by atoms with van der Waals surface area (Å²) in [6.45, 7) is 1.86. The summed E-state index contributed by atoms with van der Waals surface area (Å²) < 4.78 is 14.6. The molecule has 0 saturated heterocycles. The Morgan fingerprint density at radius 2 is 2.24 bits per heavy atom. The fraction of sp³-hybridized carbons (Fsp3) is 0.167. The van der Waals surface area contributed by atoms with Gasteiger partial charge in [-0.15, -0.1) is 10.2 Å². The first-order valence-electron chi connectivity index (χ1n) is 5.89. The molecule has 0 atom stereocenters. The second-order valence-corrected chi connectivity index (χ2v) is 7.49. The maximum atomic E-state index is 13.1. The highest BCUT2D eigenvalue weighted by molar-refractivity contribution is 8.01. The van der Waals surface area contributed by atoms with Crippen molar-refractivity contribution in [3.05, 3.63) is 29.0 Å². The largest absolute Gasteiger partial charge is 0.301 e. The number of amides is 1. The zero-order valence-corrected chi connectivity index (χ0v) is 13.2. The number of nitrogens with one attached hydrogen (secondary N) is 1. The van der Waals surface area contributed by atoms with Crippen molar-refractivity contribution in [1.29, 1.82) is 0 Å². The Morgan fingerprint density at radius 3 is 3.00 bits per heavy atom. The summed E-state index contributed by atoms with van der Waals surface area (Å²) in [5.74, 6) is -0.252. The molecule has 0 aliphatic rings. The monoisotopic (exact) mass is 340 g/mol. The predicted octanol–water partition coefficient (Wildman–Crippen LogP) is 3.33. The summed E-state index contributed by atoms with van der Waals surface area (Å²) in [7, 11) is 0. The normalized spacial score (nSPS) is 11.0. The number of hydrogen-bond acceptors (Lipinski definition) is 7. The number of aromatic nitrogens is 3. The highest BCUT2D eigenvalue weighted by Gasteiger charge is 2.10. The van der Waals surface area contributed by atoms with Crippen LogP contribution < -0.4 is 5.32 Å². The minimum atomic E-state index is -0.314. The molecule has 0 saturated carbocycles. The SMILES string of the molecule is Cc1nnc(SCC(=O)Nc2nc3ccc(F)cc3s2)s1. The molecule has 1 N–H and O–H groups in total. The van der Waals surface area contributed by atoms with Gasteiger partial charge in [-0.05, 0) is 25.1 Å². The van der Waals surface area contributed by atoms with Crippen LogP contribution >= 0.6 is 34.4 Å². The number of anilines is 1. The summed E-state index contributed by atoms with van der Waals surface area (Å²) in [5.41, 5.74) is 0.670. The van der Waals surface area contributed by atoms with Gasteiger partial charge in [-0.25, -0.2) is 9.37 Å². The second-order valence-electron chi connectivity index (χ2n) is 4.05. The van der Waals surface area contributed by atoms with Gasteiger partial charge in [0.15, 0.2) is 9.47 Å². The van der Waals surface area contributed by atoms with Crippen LogP contribution in [0.5, 0.6) is 0 Å². The lowest BCUT2D eigenvalue weighted by Gasteiger charge is -1.98. The third-order valence-corrected chi connectivity index (χ3v) is 5.34. The Morgan fingerprint density at radius 1 is 1.38 bits per heavy atom. The highest BCUT2D eigenvalue weighted by atomic mass is 32.2. The van der Waals surface area contributed by atoms with E-state index in [2.05, 4.69) is 20.5 Å². The lowest BCUT2D eigenvalue weighted by atomic mass is 10.3. The molecular formula is C12H9FN4OS3. The van der Waals surface area contributed by atoms with Crippen molar-refractivity contribution in [2.75, 3.05) is 11.1 Å². The van der Waals surface area contributed by atoms with E-state index < -0.39 is 0 Å². The minimum Gasteiger partial charge on any atom is -0.301 e. The van der Waals surface area contributed by atoms with E-state index in [0.29, 0.717) is 15.3 Å². The number of thioether (sulfide) groups is 1. The number of nitrogens with zero attached hydrogens (tertiary/aromatic N) is 3. The Bertz CT molecular complexity index is 801. The molecule has 5 nitrogen and oxygen atoms in total. The van der Waals surface area contributed by atoms with Gasteiger partial charge in [0.1, 0.15) is 10.8 Å². The van der Waals surface area contributed by atoms with E-state index in [1.807, 2.05) is 6.92 Å². The number of thiazole rings is 1. The van der Waals surface area contributed by atoms with Gasteiger partial charge in [0.25, 0.3) is 0 Å². The molecule has 0 aliphatic carbocycles. The molecule has 0 radical (unpaired) electrons. The second kappa shape index (κ2) is 6.04. The fourth-order valence-corrected chi connectivity index (χ4v) is 4.09. The number of hydrogen-bond donors (Lipinski definition) is 1. The van der Waals surface area contributed by atoms with Gasteiger partial charge in [0.2, 0.25) is 5.91 Å². The first-order valence-corrected chi connectivity index (χ1v) is 8.51. The summed E-state index contributed by atoms with van der Waals surface area (Å²) in [5, 5.41) is 11.9. The van der Waals surface area contributed by atoms with Crippen LogP contribution in [-0.4, -0.2) is 26.8 Å². The van der Waals surface area contributed by atoms with E-state index in [4.69, 9.17) is 0 Å². The average molecular weight is 340 g/mol. The van der Waals surface area contributed by atoms with Crippen LogP contribution in [0.15, 0.2) is 22.5 Å². The van der Waals surface area contributed by atoms with Gasteiger partial charge in [-0.1, -0.05) is 34.4 Å². The molecule has 108 valence electrons. The predicted molar refractivity (Wildman–Crippen MR) is 83.6 cm³/mol. The topological polar surface area (TPSA) is 67.8 Å². The molecule has 1 amide bonds. The van der Waals surface area contributed by atoms with Crippen molar-refractivity contribution in [1.82, 2.24) is 15.2 Å². The van der Waals surface area contributed by atoms with E-state index in [9.17, 15) is 9.18 Å². The van der Waals surface area contributed by atoms with Crippen molar-refractivity contribution in [3.8, 4) is 0 Å². The lowest BCUT2D eigenvalue weighted by Crippen LogP contribution is -2.13. The third kappa shape index (κ3) is 3.55. The van der Waals surface area contributed by atoms with Crippen molar-refractivity contribution in [3.63, 3.8) is 0 Å². The van der Waals surface area contributed by atoms with Crippen molar-refractivity contribution in [2.45, 2.75) is 11.3 Å². The van der Waals surface area contributed by atoms with Crippen molar-refractivity contribution < 1.29 is 9.18 Å². The maximum Gasteiger partial charge on any atom is 0.236 e. The number of benzene rings is 1. The number of fused-ring (bicyclic) bond motifs is 1. The Balaban J connectivity index is 1.63. The van der Waals surface area contributed by atoms with Gasteiger partial charge in [-0.2, -0.15) is 0 Å². The molecule has 1 aromatic carbocycles. The number of aryl methyl sites for hydroxylation is 1. The molecule has 0 unspecified atom stereocenters. The Hall–Kier alpha value is -1.58. The molecular weight excluding hydrogens is 331 g/mol. The van der Waals surface area contributed by atoms with Crippen LogP contribution in [0.1, 0.15) is 5.01 Å². The Kier molecular flexibility index (Phi) is 4.13. The zero-order valence-electron chi connectivity index (χ0n) is 10.8. The van der Waals surface area contributed by atoms with Crippen molar-refractivity contribution >= 4 is 55.7 Å². The van der Waals surface area contributed by atoms with Crippen LogP contribution in [-0.2, 0) is 4.79 Å². The highest BCUT2D eigenvalue weighted by Crippen LogP contribution is 2.27. The molecule has 2 aromatic heterocycles. The molecule has 21 heavy (non-hydrogen) atoms. The number of rotatable bonds is 4. The quantitative estimate of drug-likeness (QED) is 0.738. The molecule has 3 rings (SSSR count). The smallest absolute Gasteiger partial charge is 0.236 e. The van der Waals surface area contributed by atoms with Gasteiger partial charge in [0, 0.05) is 0 Å². The maximum absolute atomic E-state index is 13.1. The molecule has 0 spiro atoms. The van der Waals surface area contributed by atoms with Crippen LogP contribution in [0, 0.1) is 12.7 Å². The standard InChI is InChI=1S/C12H9FN4OS3/c1-6-16-17-12(20-6)19-5-10(18)15-11-14-8-3-2-7(13)4-9(8)21-11/h2-4H,5H2,1H3,(H,14,15,18). The number of carbonyl (C=O) groups is 1. The van der Waals surface area contributed by atoms with Gasteiger partial charge < -0.3 is 5.32 Å². The summed E-state index contributed by atoms with van der Waals surface area (Å²) in [6.07, 6.45) is 0. The van der Waals surface area contributed by atoms with E-state index >= 15 is 0 Å². The summed E-state index contributed by atoms with van der Waals surface area (Å²) in [4.78, 5) is 16.1. The molecule has 3 aromatic rings. The fourth-order valence-electron chi connectivity index (χ4n) is 1.57. The average Bonchev–Trinajstić information content (AvgIpc) is 3.01. The van der Waals surface area contributed by atoms with Gasteiger partial charge >= 0.3 is 0 Å². The first-order chi connectivity index (χ1) is 10.1. The third-order valence-electron chi connectivity index (χ3n) is 2.43. The molecule has 0 bridgehead atoms. The van der Waals surface area contributed by atoms with E-state index in [-0.39, 0.29) is 17.5 Å². The molecule has 9 heteroatoms. The summed E-state index contributed by atoms with van der Waals surface area (Å²) >= 11 is 4.02. The minimum absolute atomic E-state index is 0.174. The number of carbonyl (C=O) groups excluding carboxylic acids is 1. The van der Waals surface area contributed by atoms with E-state index in [1.54, 1.807) is 6.07 Å². The van der Waals surface area contributed by atoms with Gasteiger partial charge in [0.05, 0.1) is 16.0 Å². The molecule has 0 fully saturated rings. The lowest BCUT2D eigenvalue weighted by molar-refractivity contribution is -0.113. The number of halogens is 1.